The van der Waals surface area contributed by atoms with E-state index in [0.29, 0.717) is 24.3 Å². The van der Waals surface area contributed by atoms with E-state index in [-0.39, 0.29) is 29.2 Å². The summed E-state index contributed by atoms with van der Waals surface area (Å²) >= 11 is 1.18. The van der Waals surface area contributed by atoms with Gasteiger partial charge in [0.2, 0.25) is 5.91 Å². The van der Waals surface area contributed by atoms with E-state index in [4.69, 9.17) is 5.11 Å². The molecule has 0 radical (unpaired) electrons. The number of amides is 1. The molecule has 0 aliphatic heterocycles. The van der Waals surface area contributed by atoms with Crippen LogP contribution in [0.4, 0.5) is 13.2 Å². The smallest absolute Gasteiger partial charge is 0.481 e. The van der Waals surface area contributed by atoms with Crippen LogP contribution in [0.2, 0.25) is 0 Å². The van der Waals surface area contributed by atoms with E-state index in [1.54, 1.807) is 6.07 Å². The average Bonchev–Trinajstić information content (AvgIpc) is 3.25. The maximum atomic E-state index is 12.4. The fraction of sp³-hybridized carbons (Fsp3) is 0.467. The number of carbonyl (C=O) groups is 2. The molecule has 0 aromatic heterocycles. The maximum absolute atomic E-state index is 12.4. The predicted octanol–water partition coefficient (Wildman–Crippen LogP) is 2.62. The minimum atomic E-state index is -4.77. The van der Waals surface area contributed by atoms with Gasteiger partial charge in [-0.3, -0.25) is 9.59 Å². The van der Waals surface area contributed by atoms with Crippen LogP contribution in [0.5, 0.6) is 5.75 Å². The highest BCUT2D eigenvalue weighted by Crippen LogP contribution is 2.50. The van der Waals surface area contributed by atoms with Gasteiger partial charge in [0.05, 0.1) is 5.75 Å². The molecule has 0 saturated heterocycles. The number of nitrogens with one attached hydrogen (secondary N) is 1. The van der Waals surface area contributed by atoms with Gasteiger partial charge in [-0.05, 0) is 24.0 Å². The first kappa shape index (κ1) is 18.4. The molecule has 0 bridgehead atoms. The van der Waals surface area contributed by atoms with E-state index < -0.39 is 12.3 Å². The first-order valence-corrected chi connectivity index (χ1v) is 8.35. The molecule has 1 saturated carbocycles. The molecule has 2 N–H and O–H groups in total. The molecule has 132 valence electrons. The summed E-state index contributed by atoms with van der Waals surface area (Å²) in [5, 5.41) is 11.2. The Kier molecular flexibility index (Phi) is 5.98. The normalized spacial score (nSPS) is 19.6. The third-order valence-electron chi connectivity index (χ3n) is 3.44. The van der Waals surface area contributed by atoms with Crippen LogP contribution < -0.4 is 10.1 Å². The Bertz CT molecular complexity index is 609. The van der Waals surface area contributed by atoms with Gasteiger partial charge in [0, 0.05) is 18.2 Å². The molecule has 0 heterocycles. The topological polar surface area (TPSA) is 75.6 Å². The van der Waals surface area contributed by atoms with Crippen molar-refractivity contribution in [2.75, 3.05) is 18.1 Å². The predicted molar refractivity (Wildman–Crippen MR) is 81.9 cm³/mol. The number of halogens is 3. The van der Waals surface area contributed by atoms with E-state index in [1.165, 1.54) is 30.0 Å². The standard InChI is InChI=1S/C15H16F3NO4S/c16-15(17,18)23-12-4-2-1-3-9(12)10-7-11(10)14(22)19-5-6-24-8-13(20)21/h1-4,10-11H,5-8H2,(H,19,22)(H,20,21). The summed E-state index contributed by atoms with van der Waals surface area (Å²) in [6.07, 6.45) is -4.31. The third kappa shape index (κ3) is 5.63. The Hall–Kier alpha value is -1.90. The Labute approximate surface area is 140 Å². The minimum Gasteiger partial charge on any atom is -0.481 e. The highest BCUT2D eigenvalue weighted by molar-refractivity contribution is 7.99. The first-order chi connectivity index (χ1) is 11.3. The molecule has 2 rings (SSSR count). The highest BCUT2D eigenvalue weighted by Gasteiger charge is 2.46. The number of carboxylic acid groups (broad SMARTS) is 1. The monoisotopic (exact) mass is 363 g/mol. The van der Waals surface area contributed by atoms with Crippen molar-refractivity contribution in [3.63, 3.8) is 0 Å². The lowest BCUT2D eigenvalue weighted by molar-refractivity contribution is -0.274. The van der Waals surface area contributed by atoms with E-state index in [9.17, 15) is 22.8 Å². The number of hydrogen-bond donors (Lipinski definition) is 2. The molecule has 5 nitrogen and oxygen atoms in total. The minimum absolute atomic E-state index is 0.0376. The number of carboxylic acids is 1. The summed E-state index contributed by atoms with van der Waals surface area (Å²) in [6, 6.07) is 5.82. The van der Waals surface area contributed by atoms with Crippen molar-refractivity contribution in [2.24, 2.45) is 5.92 Å². The number of aliphatic carboxylic acids is 1. The first-order valence-electron chi connectivity index (χ1n) is 7.20. The van der Waals surface area contributed by atoms with E-state index in [0.717, 1.165) is 0 Å². The Morgan fingerprint density at radius 2 is 2.04 bits per heavy atom. The molecule has 1 aliphatic rings. The van der Waals surface area contributed by atoms with Gasteiger partial charge in [0.25, 0.3) is 0 Å². The van der Waals surface area contributed by atoms with Crippen molar-refractivity contribution in [3.05, 3.63) is 29.8 Å². The van der Waals surface area contributed by atoms with Gasteiger partial charge in [-0.2, -0.15) is 0 Å². The van der Waals surface area contributed by atoms with E-state index >= 15 is 0 Å². The Morgan fingerprint density at radius 1 is 1.33 bits per heavy atom. The lowest BCUT2D eigenvalue weighted by Gasteiger charge is -2.13. The number of hydrogen-bond acceptors (Lipinski definition) is 4. The molecule has 1 aliphatic carbocycles. The molecule has 2 unspecified atom stereocenters. The summed E-state index contributed by atoms with van der Waals surface area (Å²) in [5.74, 6) is -1.69. The molecule has 24 heavy (non-hydrogen) atoms. The molecule has 9 heteroatoms. The fourth-order valence-electron chi connectivity index (χ4n) is 2.37. The second kappa shape index (κ2) is 7.78. The van der Waals surface area contributed by atoms with Crippen molar-refractivity contribution < 1.29 is 32.6 Å². The van der Waals surface area contributed by atoms with Crippen LogP contribution >= 0.6 is 11.8 Å². The number of alkyl halides is 3. The summed E-state index contributed by atoms with van der Waals surface area (Å²) < 4.78 is 41.2. The van der Waals surface area contributed by atoms with E-state index in [2.05, 4.69) is 10.1 Å². The van der Waals surface area contributed by atoms with Crippen molar-refractivity contribution in [2.45, 2.75) is 18.7 Å². The quantitative estimate of drug-likeness (QED) is 0.695. The average molecular weight is 363 g/mol. The zero-order valence-corrected chi connectivity index (χ0v) is 13.3. The molecule has 1 aromatic rings. The van der Waals surface area contributed by atoms with Gasteiger partial charge < -0.3 is 15.2 Å². The van der Waals surface area contributed by atoms with Crippen LogP contribution in [0.15, 0.2) is 24.3 Å². The molecule has 0 spiro atoms. The lowest BCUT2D eigenvalue weighted by atomic mass is 10.1. The van der Waals surface area contributed by atoms with Crippen molar-refractivity contribution >= 4 is 23.6 Å². The molecule has 2 atom stereocenters. The number of carbonyl (C=O) groups excluding carboxylic acids is 1. The Balaban J connectivity index is 1.84. The lowest BCUT2D eigenvalue weighted by Crippen LogP contribution is -2.28. The second-order valence-electron chi connectivity index (χ2n) is 5.27. The van der Waals surface area contributed by atoms with Crippen LogP contribution in [0.1, 0.15) is 17.9 Å². The number of benzene rings is 1. The fourth-order valence-corrected chi connectivity index (χ4v) is 2.94. The largest absolute Gasteiger partial charge is 0.573 e. The molecule has 1 fully saturated rings. The Morgan fingerprint density at radius 3 is 2.71 bits per heavy atom. The number of thioether (sulfide) groups is 1. The van der Waals surface area contributed by atoms with Crippen LogP contribution in [0.25, 0.3) is 0 Å². The highest BCUT2D eigenvalue weighted by atomic mass is 32.2. The van der Waals surface area contributed by atoms with Crippen LogP contribution in [0, 0.1) is 5.92 Å². The van der Waals surface area contributed by atoms with Crippen molar-refractivity contribution in [1.82, 2.24) is 5.32 Å². The zero-order valence-electron chi connectivity index (χ0n) is 12.5. The van der Waals surface area contributed by atoms with Crippen molar-refractivity contribution in [3.8, 4) is 5.75 Å². The summed E-state index contributed by atoms with van der Waals surface area (Å²) in [6.45, 7) is 0.320. The van der Waals surface area contributed by atoms with E-state index in [1.807, 2.05) is 0 Å². The second-order valence-corrected chi connectivity index (χ2v) is 6.38. The molecular weight excluding hydrogens is 347 g/mol. The summed E-state index contributed by atoms with van der Waals surface area (Å²) in [7, 11) is 0. The summed E-state index contributed by atoms with van der Waals surface area (Å²) in [5.41, 5.74) is 0.371. The molecular formula is C15H16F3NO4S. The van der Waals surface area contributed by atoms with Crippen LogP contribution in [0.3, 0.4) is 0 Å². The number of ether oxygens (including phenoxy) is 1. The number of para-hydroxylation sites is 1. The van der Waals surface area contributed by atoms with Gasteiger partial charge >= 0.3 is 12.3 Å². The van der Waals surface area contributed by atoms with Gasteiger partial charge in [0.1, 0.15) is 5.75 Å². The molecule has 1 aromatic carbocycles. The van der Waals surface area contributed by atoms with Crippen LogP contribution in [-0.4, -0.2) is 41.4 Å². The van der Waals surface area contributed by atoms with Gasteiger partial charge in [-0.1, -0.05) is 18.2 Å². The zero-order chi connectivity index (χ0) is 17.7. The maximum Gasteiger partial charge on any atom is 0.573 e. The SMILES string of the molecule is O=C(O)CSCCNC(=O)C1CC1c1ccccc1OC(F)(F)F. The van der Waals surface area contributed by atoms with Gasteiger partial charge in [0.15, 0.2) is 0 Å². The number of rotatable bonds is 8. The van der Waals surface area contributed by atoms with Gasteiger partial charge in [-0.25, -0.2) is 0 Å². The van der Waals surface area contributed by atoms with Crippen LogP contribution in [-0.2, 0) is 9.59 Å². The summed E-state index contributed by atoms with van der Waals surface area (Å²) in [4.78, 5) is 22.3. The molecule has 1 amide bonds. The third-order valence-corrected chi connectivity index (χ3v) is 4.39. The van der Waals surface area contributed by atoms with Crippen molar-refractivity contribution in [1.29, 1.82) is 0 Å². The van der Waals surface area contributed by atoms with Gasteiger partial charge in [-0.15, -0.1) is 24.9 Å².